The molecule has 0 aromatic heterocycles. The molecule has 9 N–H and O–H groups in total. The molecule has 0 bridgehead atoms. The van der Waals surface area contributed by atoms with Gasteiger partial charge in [-0.1, -0.05) is 13.8 Å². The quantitative estimate of drug-likeness (QED) is 0.166. The van der Waals surface area contributed by atoms with Gasteiger partial charge in [-0.05, 0) is 32.6 Å². The van der Waals surface area contributed by atoms with E-state index in [1.807, 2.05) is 0 Å². The van der Waals surface area contributed by atoms with Crippen molar-refractivity contribution in [1.82, 2.24) is 16.0 Å². The highest BCUT2D eigenvalue weighted by molar-refractivity contribution is 5.94. The van der Waals surface area contributed by atoms with Crippen molar-refractivity contribution in [1.29, 1.82) is 0 Å². The van der Waals surface area contributed by atoms with Crippen molar-refractivity contribution in [2.45, 2.75) is 77.2 Å². The highest BCUT2D eigenvalue weighted by atomic mass is 16.4. The second-order valence-electron chi connectivity index (χ2n) is 7.59. The van der Waals surface area contributed by atoms with Crippen molar-refractivity contribution >= 4 is 29.6 Å². The summed E-state index contributed by atoms with van der Waals surface area (Å²) in [4.78, 5) is 59.4. The van der Waals surface area contributed by atoms with Crippen molar-refractivity contribution in [3.8, 4) is 0 Å². The van der Waals surface area contributed by atoms with Crippen molar-refractivity contribution in [3.63, 3.8) is 0 Å². The molecule has 0 saturated heterocycles. The van der Waals surface area contributed by atoms with Gasteiger partial charge < -0.3 is 37.6 Å². The summed E-state index contributed by atoms with van der Waals surface area (Å²) in [6.07, 6.45) is -1.35. The lowest BCUT2D eigenvalue weighted by Crippen LogP contribution is -2.58. The Kier molecular flexibility index (Phi) is 11.6. The van der Waals surface area contributed by atoms with E-state index in [9.17, 15) is 29.1 Å². The van der Waals surface area contributed by atoms with Crippen LogP contribution in [0.2, 0.25) is 0 Å². The Bertz CT molecular complexity index is 638. The molecule has 4 amide bonds. The Balaban J connectivity index is 5.42. The fraction of sp³-hybridized carbons (Fsp3) is 0.722. The molecule has 0 aliphatic carbocycles. The number of nitrogens with two attached hydrogens (primary N) is 2. The number of aliphatic hydroxyl groups is 1. The maximum absolute atomic E-state index is 12.7. The predicted molar refractivity (Wildman–Crippen MR) is 107 cm³/mol. The van der Waals surface area contributed by atoms with Crippen LogP contribution in [0.4, 0.5) is 0 Å². The number of primary amides is 1. The van der Waals surface area contributed by atoms with Crippen LogP contribution in [0.5, 0.6) is 0 Å². The number of carbonyl (C=O) groups is 5. The van der Waals surface area contributed by atoms with Crippen molar-refractivity contribution in [2.75, 3.05) is 0 Å². The number of rotatable bonds is 13. The molecule has 0 spiro atoms. The molecular formula is C18H33N5O7. The fourth-order valence-corrected chi connectivity index (χ4v) is 2.39. The molecule has 5 unspecified atom stereocenters. The highest BCUT2D eigenvalue weighted by Crippen LogP contribution is 2.07. The first-order valence-corrected chi connectivity index (χ1v) is 9.62. The van der Waals surface area contributed by atoms with Crippen LogP contribution in [0.25, 0.3) is 0 Å². The Hall–Kier alpha value is -2.73. The van der Waals surface area contributed by atoms with Crippen molar-refractivity contribution in [3.05, 3.63) is 0 Å². The smallest absolute Gasteiger partial charge is 0.325 e. The summed E-state index contributed by atoms with van der Waals surface area (Å²) in [7, 11) is 0. The van der Waals surface area contributed by atoms with Crippen LogP contribution in [-0.2, 0) is 24.0 Å². The van der Waals surface area contributed by atoms with E-state index >= 15 is 0 Å². The number of carbonyl (C=O) groups excluding carboxylic acids is 4. The molecule has 12 nitrogen and oxygen atoms in total. The van der Waals surface area contributed by atoms with Crippen LogP contribution in [0.1, 0.15) is 47.0 Å². The van der Waals surface area contributed by atoms with Crippen LogP contribution < -0.4 is 27.4 Å². The molecule has 12 heteroatoms. The van der Waals surface area contributed by atoms with Crippen LogP contribution in [0.3, 0.4) is 0 Å². The SMILES string of the molecule is CC(C)CC(NC(=O)C(CCC(N)=O)NC(=O)C(N)C(C)O)C(=O)NC(C)C(=O)O. The van der Waals surface area contributed by atoms with Gasteiger partial charge in [0.1, 0.15) is 24.2 Å². The first-order chi connectivity index (χ1) is 13.8. The largest absolute Gasteiger partial charge is 0.480 e. The maximum atomic E-state index is 12.7. The van der Waals surface area contributed by atoms with Gasteiger partial charge in [0.05, 0.1) is 6.10 Å². The standard InChI is InChI=1S/C18H33N5O7/c1-8(2)7-12(16(27)21-9(3)18(29)30)23-15(26)11(5-6-13(19)25)22-17(28)14(20)10(4)24/h8-12,14,24H,5-7,20H2,1-4H3,(H2,19,25)(H,21,27)(H,22,28)(H,23,26)(H,29,30). The summed E-state index contributed by atoms with van der Waals surface area (Å²) in [5.41, 5.74) is 10.7. The Morgan fingerprint density at radius 3 is 1.80 bits per heavy atom. The lowest BCUT2D eigenvalue weighted by molar-refractivity contribution is -0.142. The van der Waals surface area contributed by atoms with Gasteiger partial charge in [0.2, 0.25) is 23.6 Å². The van der Waals surface area contributed by atoms with Crippen LogP contribution in [0, 0.1) is 5.92 Å². The van der Waals surface area contributed by atoms with E-state index in [0.29, 0.717) is 0 Å². The van der Waals surface area contributed by atoms with Gasteiger partial charge in [-0.15, -0.1) is 0 Å². The summed E-state index contributed by atoms with van der Waals surface area (Å²) < 4.78 is 0. The number of amides is 4. The first kappa shape index (κ1) is 27.3. The molecule has 0 radical (unpaired) electrons. The van der Waals surface area contributed by atoms with E-state index < -0.39 is 59.9 Å². The molecule has 172 valence electrons. The fourth-order valence-electron chi connectivity index (χ4n) is 2.39. The summed E-state index contributed by atoms with van der Waals surface area (Å²) in [5.74, 6) is -4.26. The third-order valence-electron chi connectivity index (χ3n) is 4.20. The number of carboxylic acid groups (broad SMARTS) is 1. The molecule has 30 heavy (non-hydrogen) atoms. The van der Waals surface area contributed by atoms with E-state index in [-0.39, 0.29) is 25.2 Å². The van der Waals surface area contributed by atoms with Gasteiger partial charge >= 0.3 is 5.97 Å². The Morgan fingerprint density at radius 2 is 1.37 bits per heavy atom. The van der Waals surface area contributed by atoms with Crippen LogP contribution >= 0.6 is 0 Å². The normalized spacial score (nSPS) is 16.0. The summed E-state index contributed by atoms with van der Waals surface area (Å²) in [6, 6.07) is -4.79. The Labute approximate surface area is 175 Å². The molecule has 0 aliphatic rings. The van der Waals surface area contributed by atoms with Gasteiger partial charge in [-0.25, -0.2) is 0 Å². The maximum Gasteiger partial charge on any atom is 0.325 e. The van der Waals surface area contributed by atoms with Crippen molar-refractivity contribution < 1.29 is 34.2 Å². The minimum Gasteiger partial charge on any atom is -0.480 e. The number of aliphatic carboxylic acids is 1. The zero-order valence-corrected chi connectivity index (χ0v) is 17.7. The van der Waals surface area contributed by atoms with E-state index in [2.05, 4.69) is 16.0 Å². The lowest BCUT2D eigenvalue weighted by atomic mass is 10.0. The number of hydrogen-bond donors (Lipinski definition) is 7. The number of nitrogens with one attached hydrogen (secondary N) is 3. The first-order valence-electron chi connectivity index (χ1n) is 9.62. The molecule has 0 rings (SSSR count). The van der Waals surface area contributed by atoms with E-state index in [4.69, 9.17) is 16.6 Å². The highest BCUT2D eigenvalue weighted by Gasteiger charge is 2.30. The predicted octanol–water partition coefficient (Wildman–Crippen LogP) is -2.43. The summed E-state index contributed by atoms with van der Waals surface area (Å²) in [5, 5.41) is 25.5. The summed E-state index contributed by atoms with van der Waals surface area (Å²) >= 11 is 0. The third-order valence-corrected chi connectivity index (χ3v) is 4.20. The second kappa shape index (κ2) is 12.8. The van der Waals surface area contributed by atoms with Gasteiger partial charge in [0, 0.05) is 6.42 Å². The van der Waals surface area contributed by atoms with Gasteiger partial charge in [-0.3, -0.25) is 24.0 Å². The van der Waals surface area contributed by atoms with Crippen LogP contribution in [0.15, 0.2) is 0 Å². The van der Waals surface area contributed by atoms with E-state index in [1.54, 1.807) is 13.8 Å². The van der Waals surface area contributed by atoms with E-state index in [0.717, 1.165) is 0 Å². The summed E-state index contributed by atoms with van der Waals surface area (Å²) in [6.45, 7) is 6.19. The zero-order chi connectivity index (χ0) is 23.6. The Morgan fingerprint density at radius 1 is 0.867 bits per heavy atom. The molecule has 0 aromatic rings. The van der Waals surface area contributed by atoms with E-state index in [1.165, 1.54) is 13.8 Å². The topological polar surface area (TPSA) is 214 Å². The minimum atomic E-state index is -1.31. The third kappa shape index (κ3) is 10.2. The second-order valence-corrected chi connectivity index (χ2v) is 7.59. The molecule has 0 fully saturated rings. The van der Waals surface area contributed by atoms with Gasteiger partial charge in [0.15, 0.2) is 0 Å². The zero-order valence-electron chi connectivity index (χ0n) is 17.7. The average Bonchev–Trinajstić information content (AvgIpc) is 2.62. The molecule has 0 saturated carbocycles. The molecular weight excluding hydrogens is 398 g/mol. The van der Waals surface area contributed by atoms with Crippen LogP contribution in [-0.4, -0.2) is 70.1 Å². The molecule has 0 heterocycles. The monoisotopic (exact) mass is 431 g/mol. The average molecular weight is 431 g/mol. The number of hydrogen-bond acceptors (Lipinski definition) is 7. The van der Waals surface area contributed by atoms with Gasteiger partial charge in [0.25, 0.3) is 0 Å². The molecule has 0 aliphatic heterocycles. The number of aliphatic hydroxyl groups excluding tert-OH is 1. The lowest BCUT2D eigenvalue weighted by Gasteiger charge is -2.25. The number of carboxylic acids is 1. The van der Waals surface area contributed by atoms with Crippen molar-refractivity contribution in [2.24, 2.45) is 17.4 Å². The van der Waals surface area contributed by atoms with Gasteiger partial charge in [-0.2, -0.15) is 0 Å². The minimum absolute atomic E-state index is 0.0245. The molecule has 5 atom stereocenters. The molecule has 0 aromatic carbocycles.